The molecule has 0 amide bonds. The number of halogens is 1. The summed E-state index contributed by atoms with van der Waals surface area (Å²) in [4.78, 5) is 11.1. The van der Waals surface area contributed by atoms with Gasteiger partial charge in [-0.05, 0) is 17.7 Å². The summed E-state index contributed by atoms with van der Waals surface area (Å²) in [5.41, 5.74) is 6.33. The predicted octanol–water partition coefficient (Wildman–Crippen LogP) is 1.29. The molecular formula is C10H14ClNO3. The number of ether oxygens (including phenoxy) is 2. The minimum absolute atomic E-state index is 0. The molecule has 0 unspecified atom stereocenters. The van der Waals surface area contributed by atoms with Gasteiger partial charge in [0.2, 0.25) is 0 Å². The minimum Gasteiger partial charge on any atom is -0.497 e. The third-order valence-electron chi connectivity index (χ3n) is 1.93. The highest BCUT2D eigenvalue weighted by molar-refractivity contribution is 5.85. The van der Waals surface area contributed by atoms with Gasteiger partial charge in [0.05, 0.1) is 14.2 Å². The maximum atomic E-state index is 11.1. The Bertz CT molecular complexity index is 313. The summed E-state index contributed by atoms with van der Waals surface area (Å²) in [6.45, 7) is 0. The third-order valence-corrected chi connectivity index (χ3v) is 1.93. The average molecular weight is 232 g/mol. The van der Waals surface area contributed by atoms with Crippen LogP contribution in [0.2, 0.25) is 0 Å². The van der Waals surface area contributed by atoms with Gasteiger partial charge in [0, 0.05) is 0 Å². The van der Waals surface area contributed by atoms with Crippen molar-refractivity contribution in [3.8, 4) is 5.75 Å². The molecule has 0 fully saturated rings. The molecule has 0 aliphatic carbocycles. The van der Waals surface area contributed by atoms with Crippen LogP contribution < -0.4 is 10.5 Å². The van der Waals surface area contributed by atoms with Crippen LogP contribution in [-0.4, -0.2) is 20.2 Å². The second-order valence-electron chi connectivity index (χ2n) is 2.77. The van der Waals surface area contributed by atoms with Gasteiger partial charge in [-0.25, -0.2) is 0 Å². The van der Waals surface area contributed by atoms with Crippen LogP contribution in [0.1, 0.15) is 11.6 Å². The number of esters is 1. The smallest absolute Gasteiger partial charge is 0.327 e. The van der Waals surface area contributed by atoms with Crippen LogP contribution in [0.4, 0.5) is 0 Å². The number of methoxy groups -OCH3 is 2. The number of hydrogen-bond donors (Lipinski definition) is 1. The molecule has 15 heavy (non-hydrogen) atoms. The first-order chi connectivity index (χ1) is 6.69. The summed E-state index contributed by atoms with van der Waals surface area (Å²) in [5.74, 6) is 0.279. The van der Waals surface area contributed by atoms with E-state index >= 15 is 0 Å². The summed E-state index contributed by atoms with van der Waals surface area (Å²) in [7, 11) is 2.89. The molecule has 5 heteroatoms. The Morgan fingerprint density at radius 3 is 2.20 bits per heavy atom. The predicted molar refractivity (Wildman–Crippen MR) is 59.2 cm³/mol. The molecular weight excluding hydrogens is 218 g/mol. The van der Waals surface area contributed by atoms with E-state index in [0.717, 1.165) is 5.75 Å². The van der Waals surface area contributed by atoms with Gasteiger partial charge in [0.25, 0.3) is 0 Å². The summed E-state index contributed by atoms with van der Waals surface area (Å²) >= 11 is 0. The number of rotatable bonds is 3. The topological polar surface area (TPSA) is 61.5 Å². The van der Waals surface area contributed by atoms with Crippen molar-refractivity contribution in [1.82, 2.24) is 0 Å². The second-order valence-corrected chi connectivity index (χ2v) is 2.77. The normalized spacial score (nSPS) is 11.1. The van der Waals surface area contributed by atoms with Crippen LogP contribution >= 0.6 is 12.4 Å². The van der Waals surface area contributed by atoms with Crippen LogP contribution in [0.3, 0.4) is 0 Å². The van der Waals surface area contributed by atoms with Crippen LogP contribution in [0.25, 0.3) is 0 Å². The van der Waals surface area contributed by atoms with Gasteiger partial charge in [0.1, 0.15) is 11.8 Å². The lowest BCUT2D eigenvalue weighted by Gasteiger charge is -2.09. The number of carbonyl (C=O) groups excluding carboxylic acids is 1. The fourth-order valence-corrected chi connectivity index (χ4v) is 1.07. The molecule has 2 N–H and O–H groups in total. The highest BCUT2D eigenvalue weighted by Crippen LogP contribution is 2.16. The van der Waals surface area contributed by atoms with Crippen molar-refractivity contribution in [2.75, 3.05) is 14.2 Å². The Labute approximate surface area is 94.8 Å². The van der Waals surface area contributed by atoms with Gasteiger partial charge in [-0.15, -0.1) is 12.4 Å². The number of hydrogen-bond acceptors (Lipinski definition) is 4. The Kier molecular flexibility index (Phi) is 5.74. The van der Waals surface area contributed by atoms with E-state index in [2.05, 4.69) is 4.74 Å². The van der Waals surface area contributed by atoms with Crippen molar-refractivity contribution in [2.24, 2.45) is 5.73 Å². The van der Waals surface area contributed by atoms with Crippen molar-refractivity contribution in [3.05, 3.63) is 29.8 Å². The molecule has 4 nitrogen and oxygen atoms in total. The summed E-state index contributed by atoms with van der Waals surface area (Å²) in [6.07, 6.45) is 0. The lowest BCUT2D eigenvalue weighted by atomic mass is 10.1. The molecule has 0 aromatic heterocycles. The Morgan fingerprint density at radius 1 is 1.27 bits per heavy atom. The SMILES string of the molecule is COC(=O)[C@@H](N)c1ccc(OC)cc1.Cl. The standard InChI is InChI=1S/C10H13NO3.ClH/c1-13-8-5-3-7(4-6-8)9(11)10(12)14-2;/h3-6,9H,11H2,1-2H3;1H/t9-;/m0./s1. The monoisotopic (exact) mass is 231 g/mol. The van der Waals surface area contributed by atoms with Crippen molar-refractivity contribution in [1.29, 1.82) is 0 Å². The molecule has 1 rings (SSSR count). The van der Waals surface area contributed by atoms with Gasteiger partial charge in [0.15, 0.2) is 0 Å². The summed E-state index contributed by atoms with van der Waals surface area (Å²) in [5, 5.41) is 0. The zero-order valence-corrected chi connectivity index (χ0v) is 9.41. The van der Waals surface area contributed by atoms with Gasteiger partial charge in [-0.1, -0.05) is 12.1 Å². The summed E-state index contributed by atoms with van der Waals surface area (Å²) in [6, 6.07) is 6.24. The molecule has 1 atom stereocenters. The maximum Gasteiger partial charge on any atom is 0.327 e. The maximum absolute atomic E-state index is 11.1. The largest absolute Gasteiger partial charge is 0.497 e. The van der Waals surface area contributed by atoms with Gasteiger partial charge >= 0.3 is 5.97 Å². The van der Waals surface area contributed by atoms with E-state index in [1.807, 2.05) is 0 Å². The molecule has 0 spiro atoms. The Hall–Kier alpha value is -1.26. The van der Waals surface area contributed by atoms with E-state index in [9.17, 15) is 4.79 Å². The minimum atomic E-state index is -0.731. The second kappa shape index (κ2) is 6.27. The van der Waals surface area contributed by atoms with E-state index in [0.29, 0.717) is 5.56 Å². The van der Waals surface area contributed by atoms with Crippen molar-refractivity contribution in [2.45, 2.75) is 6.04 Å². The first-order valence-corrected chi connectivity index (χ1v) is 4.16. The molecule has 1 aromatic carbocycles. The van der Waals surface area contributed by atoms with E-state index < -0.39 is 12.0 Å². The summed E-state index contributed by atoms with van der Waals surface area (Å²) < 4.78 is 9.51. The lowest BCUT2D eigenvalue weighted by molar-refractivity contribution is -0.142. The molecule has 0 saturated carbocycles. The number of carbonyl (C=O) groups is 1. The van der Waals surface area contributed by atoms with Crippen LogP contribution in [0, 0.1) is 0 Å². The molecule has 0 heterocycles. The Morgan fingerprint density at radius 2 is 1.80 bits per heavy atom. The molecule has 84 valence electrons. The lowest BCUT2D eigenvalue weighted by Crippen LogP contribution is -2.22. The van der Waals surface area contributed by atoms with E-state index in [4.69, 9.17) is 10.5 Å². The van der Waals surface area contributed by atoms with Crippen LogP contribution in [0.15, 0.2) is 24.3 Å². The highest BCUT2D eigenvalue weighted by Gasteiger charge is 2.15. The van der Waals surface area contributed by atoms with Crippen LogP contribution in [0.5, 0.6) is 5.75 Å². The number of nitrogens with two attached hydrogens (primary N) is 1. The quantitative estimate of drug-likeness (QED) is 0.797. The molecule has 1 aromatic rings. The molecule has 0 aliphatic heterocycles. The highest BCUT2D eigenvalue weighted by atomic mass is 35.5. The molecule has 0 saturated heterocycles. The molecule has 0 radical (unpaired) electrons. The van der Waals surface area contributed by atoms with Crippen LogP contribution in [-0.2, 0) is 9.53 Å². The number of benzene rings is 1. The average Bonchev–Trinajstić information content (AvgIpc) is 2.27. The van der Waals surface area contributed by atoms with Gasteiger partial charge in [-0.2, -0.15) is 0 Å². The van der Waals surface area contributed by atoms with Crippen molar-refractivity contribution in [3.63, 3.8) is 0 Å². The van der Waals surface area contributed by atoms with Crippen molar-refractivity contribution >= 4 is 18.4 Å². The first-order valence-electron chi connectivity index (χ1n) is 4.16. The van der Waals surface area contributed by atoms with E-state index in [1.165, 1.54) is 7.11 Å². The fraction of sp³-hybridized carbons (Fsp3) is 0.300. The fourth-order valence-electron chi connectivity index (χ4n) is 1.07. The molecule has 0 bridgehead atoms. The zero-order valence-electron chi connectivity index (χ0n) is 8.60. The van der Waals surface area contributed by atoms with E-state index in [-0.39, 0.29) is 12.4 Å². The zero-order chi connectivity index (χ0) is 10.6. The third kappa shape index (κ3) is 3.42. The van der Waals surface area contributed by atoms with Gasteiger partial charge < -0.3 is 15.2 Å². The first kappa shape index (κ1) is 13.7. The van der Waals surface area contributed by atoms with Gasteiger partial charge in [-0.3, -0.25) is 4.79 Å². The Balaban J connectivity index is 0.00000196. The van der Waals surface area contributed by atoms with Crippen molar-refractivity contribution < 1.29 is 14.3 Å². The van der Waals surface area contributed by atoms with E-state index in [1.54, 1.807) is 31.4 Å². The molecule has 0 aliphatic rings.